The molecule has 0 unspecified atom stereocenters. The molecule has 0 saturated carbocycles. The van der Waals surface area contributed by atoms with E-state index in [0.717, 1.165) is 22.7 Å². The van der Waals surface area contributed by atoms with Gasteiger partial charge in [-0.3, -0.25) is 4.79 Å². The molecule has 1 amide bonds. The number of methoxy groups -OCH3 is 1. The molecule has 2 heterocycles. The number of imidazole rings is 1. The van der Waals surface area contributed by atoms with Crippen molar-refractivity contribution in [2.24, 2.45) is 0 Å². The summed E-state index contributed by atoms with van der Waals surface area (Å²) in [6.45, 7) is 2.63. The number of carbonyl (C=O) groups is 1. The Kier molecular flexibility index (Phi) is 5.11. The van der Waals surface area contributed by atoms with Gasteiger partial charge in [0.05, 0.1) is 7.11 Å². The highest BCUT2D eigenvalue weighted by Gasteiger charge is 2.14. The summed E-state index contributed by atoms with van der Waals surface area (Å²) in [4.78, 5) is 16.8. The Morgan fingerprint density at radius 2 is 2.00 bits per heavy atom. The molecule has 0 bridgehead atoms. The molecule has 146 valence electrons. The number of rotatable bonds is 6. The molecule has 7 heteroatoms. The van der Waals surface area contributed by atoms with Crippen LogP contribution in [0, 0.1) is 6.92 Å². The van der Waals surface area contributed by atoms with Crippen molar-refractivity contribution in [2.45, 2.75) is 13.5 Å². The van der Waals surface area contributed by atoms with Gasteiger partial charge in [-0.1, -0.05) is 17.3 Å². The molecular weight excluding hydrogens is 368 g/mol. The van der Waals surface area contributed by atoms with E-state index < -0.39 is 0 Å². The highest BCUT2D eigenvalue weighted by Crippen LogP contribution is 2.23. The van der Waals surface area contributed by atoms with E-state index in [1.165, 1.54) is 0 Å². The van der Waals surface area contributed by atoms with E-state index in [9.17, 15) is 4.79 Å². The van der Waals surface area contributed by atoms with Crippen LogP contribution in [-0.4, -0.2) is 27.7 Å². The number of aromatic nitrogens is 3. The lowest BCUT2D eigenvalue weighted by atomic mass is 10.1. The molecule has 0 radical (unpaired) electrons. The number of amides is 1. The first kappa shape index (κ1) is 18.5. The summed E-state index contributed by atoms with van der Waals surface area (Å²) >= 11 is 0. The zero-order valence-electron chi connectivity index (χ0n) is 16.1. The highest BCUT2D eigenvalue weighted by atomic mass is 16.5. The lowest BCUT2D eigenvalue weighted by Crippen LogP contribution is -2.11. The van der Waals surface area contributed by atoms with E-state index >= 15 is 0 Å². The van der Waals surface area contributed by atoms with E-state index in [0.29, 0.717) is 17.9 Å². The van der Waals surface area contributed by atoms with Gasteiger partial charge in [0, 0.05) is 36.3 Å². The van der Waals surface area contributed by atoms with Crippen molar-refractivity contribution in [3.05, 3.63) is 84.1 Å². The third-order valence-electron chi connectivity index (χ3n) is 4.58. The molecule has 2 aromatic heterocycles. The number of benzene rings is 2. The van der Waals surface area contributed by atoms with E-state index in [-0.39, 0.29) is 11.7 Å². The van der Waals surface area contributed by atoms with E-state index in [2.05, 4.69) is 15.5 Å². The normalized spacial score (nSPS) is 10.7. The smallest absolute Gasteiger partial charge is 0.294 e. The fraction of sp³-hybridized carbons (Fsp3) is 0.136. The number of nitrogens with one attached hydrogen (secondary N) is 1. The van der Waals surface area contributed by atoms with Gasteiger partial charge in [0.1, 0.15) is 17.3 Å². The second-order valence-corrected chi connectivity index (χ2v) is 6.56. The monoisotopic (exact) mass is 388 g/mol. The molecule has 29 heavy (non-hydrogen) atoms. The molecule has 2 aromatic carbocycles. The van der Waals surface area contributed by atoms with Gasteiger partial charge in [0.15, 0.2) is 0 Å². The summed E-state index contributed by atoms with van der Waals surface area (Å²) < 4.78 is 12.4. The minimum Gasteiger partial charge on any atom is -0.497 e. The van der Waals surface area contributed by atoms with Crippen LogP contribution in [0.2, 0.25) is 0 Å². The van der Waals surface area contributed by atoms with Crippen molar-refractivity contribution in [1.29, 1.82) is 0 Å². The maximum atomic E-state index is 12.6. The van der Waals surface area contributed by atoms with Gasteiger partial charge >= 0.3 is 0 Å². The Bertz CT molecular complexity index is 1130. The SMILES string of the molecule is COc1ccc(-c2cc(C(=O)Nc3cccc(Cn4ccnc4C)c3)on2)cc1. The Hall–Kier alpha value is -3.87. The zero-order chi connectivity index (χ0) is 20.2. The first-order chi connectivity index (χ1) is 14.1. The van der Waals surface area contributed by atoms with Crippen molar-refractivity contribution in [3.8, 4) is 17.0 Å². The Morgan fingerprint density at radius 3 is 2.72 bits per heavy atom. The minimum atomic E-state index is -0.353. The maximum absolute atomic E-state index is 12.6. The number of ether oxygens (including phenoxy) is 1. The molecule has 0 saturated heterocycles. The van der Waals surface area contributed by atoms with Crippen LogP contribution >= 0.6 is 0 Å². The van der Waals surface area contributed by atoms with Crippen molar-refractivity contribution in [3.63, 3.8) is 0 Å². The summed E-state index contributed by atoms with van der Waals surface area (Å²) in [6, 6.07) is 16.7. The lowest BCUT2D eigenvalue weighted by molar-refractivity contribution is 0.0988. The van der Waals surface area contributed by atoms with E-state index in [1.807, 2.05) is 66.2 Å². The molecule has 4 aromatic rings. The van der Waals surface area contributed by atoms with Gasteiger partial charge in [0.2, 0.25) is 5.76 Å². The Balaban J connectivity index is 1.46. The summed E-state index contributed by atoms with van der Waals surface area (Å²) in [5.74, 6) is 1.48. The number of hydrogen-bond donors (Lipinski definition) is 1. The van der Waals surface area contributed by atoms with Crippen LogP contribution in [0.5, 0.6) is 5.75 Å². The van der Waals surface area contributed by atoms with Crippen LogP contribution in [0.3, 0.4) is 0 Å². The topological polar surface area (TPSA) is 82.2 Å². The zero-order valence-corrected chi connectivity index (χ0v) is 16.1. The minimum absolute atomic E-state index is 0.145. The summed E-state index contributed by atoms with van der Waals surface area (Å²) in [5.41, 5.74) is 3.17. The maximum Gasteiger partial charge on any atom is 0.294 e. The second-order valence-electron chi connectivity index (χ2n) is 6.56. The van der Waals surface area contributed by atoms with Crippen LogP contribution in [0.1, 0.15) is 21.9 Å². The van der Waals surface area contributed by atoms with Crippen molar-refractivity contribution < 1.29 is 14.1 Å². The summed E-state index contributed by atoms with van der Waals surface area (Å²) in [6.07, 6.45) is 3.70. The first-order valence-corrected chi connectivity index (χ1v) is 9.11. The van der Waals surface area contributed by atoms with Crippen LogP contribution in [0.15, 0.2) is 71.5 Å². The number of aryl methyl sites for hydroxylation is 1. The Labute approximate surface area is 167 Å². The quantitative estimate of drug-likeness (QED) is 0.536. The lowest BCUT2D eigenvalue weighted by Gasteiger charge is -2.08. The van der Waals surface area contributed by atoms with E-state index in [4.69, 9.17) is 9.26 Å². The van der Waals surface area contributed by atoms with Gasteiger partial charge < -0.3 is 19.1 Å². The van der Waals surface area contributed by atoms with Gasteiger partial charge in [-0.25, -0.2) is 4.98 Å². The standard InChI is InChI=1S/C22H20N4O3/c1-15-23-10-11-26(15)14-16-4-3-5-18(12-16)24-22(27)21-13-20(25-29-21)17-6-8-19(28-2)9-7-17/h3-13H,14H2,1-2H3,(H,24,27). The average Bonchev–Trinajstić information content (AvgIpc) is 3.38. The van der Waals surface area contributed by atoms with E-state index in [1.54, 1.807) is 19.4 Å². The summed E-state index contributed by atoms with van der Waals surface area (Å²) in [5, 5.41) is 6.85. The predicted molar refractivity (Wildman–Crippen MR) is 109 cm³/mol. The molecule has 0 aliphatic rings. The predicted octanol–water partition coefficient (Wildman–Crippen LogP) is 4.16. The van der Waals surface area contributed by atoms with Gasteiger partial charge in [-0.05, 0) is 48.9 Å². The number of carbonyl (C=O) groups excluding carboxylic acids is 1. The average molecular weight is 388 g/mol. The van der Waals surface area contributed by atoms with Crippen LogP contribution in [0.4, 0.5) is 5.69 Å². The molecule has 4 rings (SSSR count). The van der Waals surface area contributed by atoms with Crippen LogP contribution < -0.4 is 10.1 Å². The molecule has 0 aliphatic carbocycles. The van der Waals surface area contributed by atoms with Crippen LogP contribution in [-0.2, 0) is 6.54 Å². The third kappa shape index (κ3) is 4.19. The van der Waals surface area contributed by atoms with Crippen molar-refractivity contribution in [1.82, 2.24) is 14.7 Å². The van der Waals surface area contributed by atoms with Crippen molar-refractivity contribution >= 4 is 11.6 Å². The molecule has 1 N–H and O–H groups in total. The third-order valence-corrected chi connectivity index (χ3v) is 4.58. The highest BCUT2D eigenvalue weighted by molar-refractivity contribution is 6.02. The van der Waals surface area contributed by atoms with Gasteiger partial charge in [-0.2, -0.15) is 0 Å². The second kappa shape index (κ2) is 8.02. The first-order valence-electron chi connectivity index (χ1n) is 9.11. The molecule has 0 spiro atoms. The molecule has 0 aliphatic heterocycles. The van der Waals surface area contributed by atoms with Gasteiger partial charge in [0.25, 0.3) is 5.91 Å². The fourth-order valence-corrected chi connectivity index (χ4v) is 2.99. The van der Waals surface area contributed by atoms with Gasteiger partial charge in [-0.15, -0.1) is 0 Å². The summed E-state index contributed by atoms with van der Waals surface area (Å²) in [7, 11) is 1.61. The number of nitrogens with zero attached hydrogens (tertiary/aromatic N) is 3. The molecule has 7 nitrogen and oxygen atoms in total. The fourth-order valence-electron chi connectivity index (χ4n) is 2.99. The largest absolute Gasteiger partial charge is 0.497 e. The molecular formula is C22H20N4O3. The number of anilines is 1. The molecule has 0 fully saturated rings. The van der Waals surface area contributed by atoms with Crippen molar-refractivity contribution in [2.75, 3.05) is 12.4 Å². The Morgan fingerprint density at radius 1 is 1.17 bits per heavy atom. The molecule has 0 atom stereocenters. The number of hydrogen-bond acceptors (Lipinski definition) is 5. The van der Waals surface area contributed by atoms with Crippen LogP contribution in [0.25, 0.3) is 11.3 Å².